The molecule has 2 aromatic heterocycles. The Morgan fingerprint density at radius 1 is 1.14 bits per heavy atom. The molecule has 2 heterocycles. The number of aryl methyl sites for hydroxylation is 1. The Bertz CT molecular complexity index is 1090. The van der Waals surface area contributed by atoms with E-state index in [0.29, 0.717) is 10.9 Å². The number of amides is 1. The molecule has 6 nitrogen and oxygen atoms in total. The lowest BCUT2D eigenvalue weighted by Gasteiger charge is -2.21. The average molecular weight is 390 g/mol. The van der Waals surface area contributed by atoms with Gasteiger partial charge >= 0.3 is 6.18 Å². The van der Waals surface area contributed by atoms with Crippen LogP contribution in [0.3, 0.4) is 0 Å². The molecule has 0 aliphatic rings. The number of aromatic amines is 1. The number of carbonyl (C=O) groups is 1. The van der Waals surface area contributed by atoms with Crippen molar-refractivity contribution in [2.75, 3.05) is 6.54 Å². The molecule has 0 fully saturated rings. The van der Waals surface area contributed by atoms with Crippen molar-refractivity contribution >= 4 is 16.8 Å². The van der Waals surface area contributed by atoms with E-state index in [0.717, 1.165) is 12.1 Å². The Morgan fingerprint density at radius 2 is 1.86 bits per heavy atom. The number of nitrogens with one attached hydrogen (secondary N) is 1. The van der Waals surface area contributed by atoms with Crippen LogP contribution in [0.25, 0.3) is 10.9 Å². The summed E-state index contributed by atoms with van der Waals surface area (Å²) < 4.78 is 38.3. The summed E-state index contributed by atoms with van der Waals surface area (Å²) >= 11 is 0. The van der Waals surface area contributed by atoms with E-state index >= 15 is 0 Å². The molecule has 0 radical (unpaired) electrons. The molecule has 3 aromatic rings. The number of hydrogen-bond acceptors (Lipinski definition) is 4. The number of hydrogen-bond donors (Lipinski definition) is 1. The first kappa shape index (κ1) is 19.5. The molecule has 1 N–H and O–H groups in total. The number of halogens is 3. The maximum atomic E-state index is 12.8. The molecule has 9 heteroatoms. The highest BCUT2D eigenvalue weighted by Crippen LogP contribution is 2.28. The van der Waals surface area contributed by atoms with Crippen LogP contribution in [-0.2, 0) is 12.7 Å². The highest BCUT2D eigenvalue weighted by Gasteiger charge is 2.33. The molecule has 3 rings (SSSR count). The summed E-state index contributed by atoms with van der Waals surface area (Å²) in [5, 5.41) is 0.434. The Hall–Kier alpha value is -3.23. The average Bonchev–Trinajstić information content (AvgIpc) is 2.65. The van der Waals surface area contributed by atoms with E-state index in [9.17, 15) is 22.8 Å². The van der Waals surface area contributed by atoms with Crippen molar-refractivity contribution in [1.82, 2.24) is 19.9 Å². The molecular formula is C19H17F3N4O2. The van der Waals surface area contributed by atoms with Crippen LogP contribution in [0, 0.1) is 6.92 Å². The minimum Gasteiger partial charge on any atom is -0.331 e. The third-order valence-corrected chi connectivity index (χ3v) is 4.28. The van der Waals surface area contributed by atoms with Crippen LogP contribution in [-0.4, -0.2) is 32.3 Å². The molecule has 0 bridgehead atoms. The van der Waals surface area contributed by atoms with Crippen molar-refractivity contribution < 1.29 is 18.0 Å². The first-order valence-electron chi connectivity index (χ1n) is 8.52. The molecule has 0 atom stereocenters. The molecule has 28 heavy (non-hydrogen) atoms. The number of para-hydroxylation sites is 1. The number of pyridine rings is 1. The number of carbonyl (C=O) groups excluding carboxylic acids is 1. The van der Waals surface area contributed by atoms with Gasteiger partial charge in [0.15, 0.2) is 0 Å². The van der Waals surface area contributed by atoms with Gasteiger partial charge in [0, 0.05) is 6.54 Å². The Kier molecular flexibility index (Phi) is 5.17. The second kappa shape index (κ2) is 7.41. The summed E-state index contributed by atoms with van der Waals surface area (Å²) in [4.78, 5) is 36.8. The van der Waals surface area contributed by atoms with Gasteiger partial charge in [-0.05, 0) is 38.1 Å². The monoisotopic (exact) mass is 390 g/mol. The van der Waals surface area contributed by atoms with Crippen LogP contribution >= 0.6 is 0 Å². The second-order valence-electron chi connectivity index (χ2n) is 6.18. The number of fused-ring (bicyclic) bond motifs is 1. The zero-order valence-corrected chi connectivity index (χ0v) is 15.2. The van der Waals surface area contributed by atoms with Crippen molar-refractivity contribution in [1.29, 1.82) is 0 Å². The molecule has 0 aliphatic heterocycles. The van der Waals surface area contributed by atoms with Gasteiger partial charge in [-0.2, -0.15) is 13.2 Å². The van der Waals surface area contributed by atoms with Crippen molar-refractivity contribution in [3.8, 4) is 0 Å². The van der Waals surface area contributed by atoms with Gasteiger partial charge in [-0.1, -0.05) is 12.1 Å². The molecule has 146 valence electrons. The second-order valence-corrected chi connectivity index (χ2v) is 6.18. The van der Waals surface area contributed by atoms with Gasteiger partial charge in [0.1, 0.15) is 11.5 Å². The van der Waals surface area contributed by atoms with Crippen LogP contribution in [0.2, 0.25) is 0 Å². The van der Waals surface area contributed by atoms with E-state index < -0.39 is 17.8 Å². The molecule has 0 spiro atoms. The van der Waals surface area contributed by atoms with E-state index in [1.165, 1.54) is 11.8 Å². The highest BCUT2D eigenvalue weighted by atomic mass is 19.4. The fraction of sp³-hybridized carbons (Fsp3) is 0.263. The van der Waals surface area contributed by atoms with Crippen LogP contribution in [0.1, 0.15) is 34.5 Å². The summed E-state index contributed by atoms with van der Waals surface area (Å²) in [6, 6.07) is 8.71. The van der Waals surface area contributed by atoms with E-state index in [2.05, 4.69) is 15.0 Å². The summed E-state index contributed by atoms with van der Waals surface area (Å²) in [7, 11) is 0. The Morgan fingerprint density at radius 3 is 2.50 bits per heavy atom. The summed E-state index contributed by atoms with van der Waals surface area (Å²) in [5.41, 5.74) is -0.824. The minimum absolute atomic E-state index is 0.00979. The molecule has 0 aliphatic carbocycles. The quantitative estimate of drug-likeness (QED) is 0.741. The lowest BCUT2D eigenvalue weighted by atomic mass is 10.1. The van der Waals surface area contributed by atoms with E-state index in [4.69, 9.17) is 0 Å². The van der Waals surface area contributed by atoms with Crippen LogP contribution in [0.5, 0.6) is 0 Å². The van der Waals surface area contributed by atoms with Crippen molar-refractivity contribution in [2.45, 2.75) is 26.6 Å². The van der Waals surface area contributed by atoms with Crippen molar-refractivity contribution in [3.63, 3.8) is 0 Å². The molecule has 0 unspecified atom stereocenters. The van der Waals surface area contributed by atoms with Gasteiger partial charge < -0.3 is 9.88 Å². The van der Waals surface area contributed by atoms with Gasteiger partial charge in [-0.3, -0.25) is 9.59 Å². The molecule has 1 amide bonds. The minimum atomic E-state index is -4.58. The Labute approximate surface area is 158 Å². The predicted molar refractivity (Wildman–Crippen MR) is 96.8 cm³/mol. The first-order chi connectivity index (χ1) is 13.2. The van der Waals surface area contributed by atoms with Gasteiger partial charge in [-0.15, -0.1) is 0 Å². The zero-order valence-electron chi connectivity index (χ0n) is 15.2. The first-order valence-corrected chi connectivity index (χ1v) is 8.52. The zero-order chi connectivity index (χ0) is 20.5. The maximum Gasteiger partial charge on any atom is 0.433 e. The van der Waals surface area contributed by atoms with Gasteiger partial charge in [0.2, 0.25) is 0 Å². The number of alkyl halides is 3. The van der Waals surface area contributed by atoms with E-state index in [-0.39, 0.29) is 35.7 Å². The summed E-state index contributed by atoms with van der Waals surface area (Å²) in [6.45, 7) is 3.36. The lowest BCUT2D eigenvalue weighted by Crippen LogP contribution is -2.32. The number of aromatic nitrogens is 3. The fourth-order valence-electron chi connectivity index (χ4n) is 2.83. The van der Waals surface area contributed by atoms with Gasteiger partial charge in [0.25, 0.3) is 11.5 Å². The fourth-order valence-corrected chi connectivity index (χ4v) is 2.83. The van der Waals surface area contributed by atoms with Crippen LogP contribution < -0.4 is 5.56 Å². The smallest absolute Gasteiger partial charge is 0.331 e. The lowest BCUT2D eigenvalue weighted by molar-refractivity contribution is -0.141. The predicted octanol–water partition coefficient (Wildman–Crippen LogP) is 3.31. The van der Waals surface area contributed by atoms with E-state index in [1.54, 1.807) is 31.2 Å². The van der Waals surface area contributed by atoms with Crippen LogP contribution in [0.4, 0.5) is 13.2 Å². The molecule has 0 saturated carbocycles. The summed E-state index contributed by atoms with van der Waals surface area (Å²) in [6.07, 6.45) is -4.58. The van der Waals surface area contributed by atoms with Gasteiger partial charge in [-0.25, -0.2) is 9.97 Å². The summed E-state index contributed by atoms with van der Waals surface area (Å²) in [5.74, 6) is -0.201. The molecule has 1 aromatic carbocycles. The standard InChI is InChI=1S/C19H17F3N4O2/c1-3-26(10-16-24-14-7-5-4-6-13(14)17(27)25-16)18(28)12-8-9-15(19(20,21)22)23-11(12)2/h4-9H,3,10H2,1-2H3,(H,24,25,27). The van der Waals surface area contributed by atoms with Gasteiger partial charge in [0.05, 0.1) is 28.7 Å². The maximum absolute atomic E-state index is 12.8. The normalized spacial score (nSPS) is 11.6. The van der Waals surface area contributed by atoms with Crippen molar-refractivity contribution in [3.05, 3.63) is 69.5 Å². The number of nitrogens with zero attached hydrogens (tertiary/aromatic N) is 3. The number of rotatable bonds is 4. The SMILES string of the molecule is CCN(Cc1nc2ccccc2c(=O)[nH]1)C(=O)c1ccc(C(F)(F)F)nc1C. The third-order valence-electron chi connectivity index (χ3n) is 4.28. The molecule has 0 saturated heterocycles. The topological polar surface area (TPSA) is 79.0 Å². The Balaban J connectivity index is 1.90. The van der Waals surface area contributed by atoms with Crippen molar-refractivity contribution in [2.24, 2.45) is 0 Å². The largest absolute Gasteiger partial charge is 0.433 e. The third kappa shape index (κ3) is 3.88. The number of benzene rings is 1. The van der Waals surface area contributed by atoms with E-state index in [1.807, 2.05) is 0 Å². The van der Waals surface area contributed by atoms with Crippen LogP contribution in [0.15, 0.2) is 41.2 Å². The molecular weight excluding hydrogens is 373 g/mol. The highest BCUT2D eigenvalue weighted by molar-refractivity contribution is 5.95. The number of H-pyrrole nitrogens is 1.